The molecule has 0 spiro atoms. The number of nitrogens with zero attached hydrogens (tertiary/aromatic N) is 1. The number of carbonyl (C=O) groups excluding carboxylic acids is 1. The third-order valence-electron chi connectivity index (χ3n) is 3.34. The zero-order valence-corrected chi connectivity index (χ0v) is 12.5. The Kier molecular flexibility index (Phi) is 5.28. The Morgan fingerprint density at radius 1 is 1.55 bits per heavy atom. The summed E-state index contributed by atoms with van der Waals surface area (Å²) in [6, 6.07) is 7.20. The maximum absolute atomic E-state index is 12.3. The molecule has 1 saturated heterocycles. The first-order valence-electron chi connectivity index (χ1n) is 6.63. The van der Waals surface area contributed by atoms with Crippen LogP contribution in [0, 0.1) is 0 Å². The standard InChI is InChI=1S/C14H20N2O3S/c1-3-16(12-8-19-9-13(12)17)14(18)15-10-5-4-6-11(7-10)20-2/h4-7,12-13,17H,3,8-9H2,1-2H3,(H,15,18). The van der Waals surface area contributed by atoms with Crippen LogP contribution in [0.4, 0.5) is 10.5 Å². The predicted molar refractivity (Wildman–Crippen MR) is 80.2 cm³/mol. The maximum Gasteiger partial charge on any atom is 0.322 e. The Hall–Kier alpha value is -1.24. The molecule has 1 heterocycles. The molecular formula is C14H20N2O3S. The molecule has 1 fully saturated rings. The van der Waals surface area contributed by atoms with Crippen LogP contribution < -0.4 is 5.32 Å². The molecule has 0 bridgehead atoms. The van der Waals surface area contributed by atoms with Gasteiger partial charge in [-0.3, -0.25) is 0 Å². The van der Waals surface area contributed by atoms with Crippen molar-refractivity contribution in [2.45, 2.75) is 24.0 Å². The van der Waals surface area contributed by atoms with Gasteiger partial charge in [0, 0.05) is 17.1 Å². The summed E-state index contributed by atoms with van der Waals surface area (Å²) in [5, 5.41) is 12.7. The summed E-state index contributed by atoms with van der Waals surface area (Å²) in [6.07, 6.45) is 1.38. The summed E-state index contributed by atoms with van der Waals surface area (Å²) >= 11 is 1.63. The highest BCUT2D eigenvalue weighted by molar-refractivity contribution is 7.98. The maximum atomic E-state index is 12.3. The SMILES string of the molecule is CCN(C(=O)Nc1cccc(SC)c1)C1COCC1O. The lowest BCUT2D eigenvalue weighted by molar-refractivity contribution is 0.1000. The number of benzene rings is 1. The number of rotatable bonds is 4. The first kappa shape index (κ1) is 15.2. The summed E-state index contributed by atoms with van der Waals surface area (Å²) < 4.78 is 5.21. The van der Waals surface area contributed by atoms with E-state index in [4.69, 9.17) is 4.74 Å². The van der Waals surface area contributed by atoms with Gasteiger partial charge in [-0.15, -0.1) is 11.8 Å². The van der Waals surface area contributed by atoms with Gasteiger partial charge in [-0.1, -0.05) is 6.07 Å². The highest BCUT2D eigenvalue weighted by Crippen LogP contribution is 2.20. The zero-order chi connectivity index (χ0) is 14.5. The van der Waals surface area contributed by atoms with Crippen molar-refractivity contribution >= 4 is 23.5 Å². The van der Waals surface area contributed by atoms with Crippen molar-refractivity contribution in [3.63, 3.8) is 0 Å². The number of aliphatic hydroxyl groups excluding tert-OH is 1. The molecule has 20 heavy (non-hydrogen) atoms. The number of carbonyl (C=O) groups is 1. The summed E-state index contributed by atoms with van der Waals surface area (Å²) in [6.45, 7) is 3.09. The first-order valence-corrected chi connectivity index (χ1v) is 7.85. The number of likely N-dealkylation sites (N-methyl/N-ethyl adjacent to an activating group) is 1. The van der Waals surface area contributed by atoms with Crippen molar-refractivity contribution in [2.75, 3.05) is 31.3 Å². The van der Waals surface area contributed by atoms with Gasteiger partial charge in [-0.25, -0.2) is 4.79 Å². The number of hydrogen-bond donors (Lipinski definition) is 2. The normalized spacial score (nSPS) is 21.8. The van der Waals surface area contributed by atoms with Crippen LogP contribution in [0.25, 0.3) is 0 Å². The third-order valence-corrected chi connectivity index (χ3v) is 4.07. The average Bonchev–Trinajstić information content (AvgIpc) is 2.86. The van der Waals surface area contributed by atoms with Crippen LogP contribution in [-0.4, -0.2) is 54.2 Å². The van der Waals surface area contributed by atoms with E-state index in [1.165, 1.54) is 0 Å². The van der Waals surface area contributed by atoms with Crippen molar-refractivity contribution in [3.8, 4) is 0 Å². The quantitative estimate of drug-likeness (QED) is 0.835. The molecule has 1 aliphatic rings. The van der Waals surface area contributed by atoms with Gasteiger partial charge in [0.05, 0.1) is 25.4 Å². The Balaban J connectivity index is 2.05. The molecule has 2 N–H and O–H groups in total. The molecule has 1 aliphatic heterocycles. The second-order valence-electron chi connectivity index (χ2n) is 4.62. The molecule has 0 aromatic heterocycles. The van der Waals surface area contributed by atoms with Crippen molar-refractivity contribution in [3.05, 3.63) is 24.3 Å². The molecule has 1 aromatic rings. The van der Waals surface area contributed by atoms with Gasteiger partial charge in [-0.05, 0) is 31.4 Å². The molecule has 2 unspecified atom stereocenters. The smallest absolute Gasteiger partial charge is 0.322 e. The molecule has 2 amide bonds. The second kappa shape index (κ2) is 6.97. The number of hydrogen-bond acceptors (Lipinski definition) is 4. The fourth-order valence-electron chi connectivity index (χ4n) is 2.25. The topological polar surface area (TPSA) is 61.8 Å². The number of anilines is 1. The number of amides is 2. The molecule has 2 atom stereocenters. The second-order valence-corrected chi connectivity index (χ2v) is 5.50. The van der Waals surface area contributed by atoms with Crippen LogP contribution in [0.3, 0.4) is 0 Å². The van der Waals surface area contributed by atoms with Crippen LogP contribution in [-0.2, 0) is 4.74 Å². The Morgan fingerprint density at radius 2 is 2.35 bits per heavy atom. The average molecular weight is 296 g/mol. The fourth-order valence-corrected chi connectivity index (χ4v) is 2.71. The van der Waals surface area contributed by atoms with Crippen LogP contribution in [0.5, 0.6) is 0 Å². The van der Waals surface area contributed by atoms with E-state index in [9.17, 15) is 9.90 Å². The highest BCUT2D eigenvalue weighted by atomic mass is 32.2. The van der Waals surface area contributed by atoms with Crippen LogP contribution in [0.1, 0.15) is 6.92 Å². The monoisotopic (exact) mass is 296 g/mol. The lowest BCUT2D eigenvalue weighted by atomic mass is 10.2. The van der Waals surface area contributed by atoms with E-state index in [2.05, 4.69) is 5.32 Å². The van der Waals surface area contributed by atoms with Gasteiger partial charge >= 0.3 is 6.03 Å². The van der Waals surface area contributed by atoms with Crippen molar-refractivity contribution in [1.29, 1.82) is 0 Å². The van der Waals surface area contributed by atoms with E-state index in [0.717, 1.165) is 10.6 Å². The van der Waals surface area contributed by atoms with E-state index in [0.29, 0.717) is 13.2 Å². The molecule has 0 radical (unpaired) electrons. The zero-order valence-electron chi connectivity index (χ0n) is 11.7. The summed E-state index contributed by atoms with van der Waals surface area (Å²) in [5.41, 5.74) is 0.758. The van der Waals surface area contributed by atoms with Crippen LogP contribution in [0.2, 0.25) is 0 Å². The molecule has 5 nitrogen and oxygen atoms in total. The van der Waals surface area contributed by atoms with E-state index in [1.54, 1.807) is 16.7 Å². The Morgan fingerprint density at radius 3 is 2.95 bits per heavy atom. The molecule has 110 valence electrons. The number of aliphatic hydroxyl groups is 1. The number of thioether (sulfide) groups is 1. The Bertz CT molecular complexity index is 469. The highest BCUT2D eigenvalue weighted by Gasteiger charge is 2.33. The Labute approximate surface area is 123 Å². The number of urea groups is 1. The number of nitrogens with one attached hydrogen (secondary N) is 1. The summed E-state index contributed by atoms with van der Waals surface area (Å²) in [5.74, 6) is 0. The summed E-state index contributed by atoms with van der Waals surface area (Å²) in [4.78, 5) is 15.0. The van der Waals surface area contributed by atoms with E-state index >= 15 is 0 Å². The fraction of sp³-hybridized carbons (Fsp3) is 0.500. The van der Waals surface area contributed by atoms with Gasteiger partial charge in [-0.2, -0.15) is 0 Å². The largest absolute Gasteiger partial charge is 0.388 e. The van der Waals surface area contributed by atoms with E-state index < -0.39 is 6.10 Å². The van der Waals surface area contributed by atoms with Crippen LogP contribution in [0.15, 0.2) is 29.2 Å². The predicted octanol–water partition coefficient (Wildman–Crippen LogP) is 2.02. The first-order chi connectivity index (χ1) is 9.65. The molecule has 0 saturated carbocycles. The lowest BCUT2D eigenvalue weighted by Gasteiger charge is -2.28. The van der Waals surface area contributed by atoms with Gasteiger partial charge in [0.15, 0.2) is 0 Å². The van der Waals surface area contributed by atoms with Crippen molar-refractivity contribution in [1.82, 2.24) is 4.90 Å². The van der Waals surface area contributed by atoms with Gasteiger partial charge in [0.25, 0.3) is 0 Å². The van der Waals surface area contributed by atoms with E-state index in [1.807, 2.05) is 37.4 Å². The van der Waals surface area contributed by atoms with Crippen molar-refractivity contribution < 1.29 is 14.6 Å². The minimum absolute atomic E-state index is 0.208. The third kappa shape index (κ3) is 3.45. The van der Waals surface area contributed by atoms with Gasteiger partial charge in [0.1, 0.15) is 0 Å². The summed E-state index contributed by atoms with van der Waals surface area (Å²) in [7, 11) is 0. The van der Waals surface area contributed by atoms with Crippen LogP contribution >= 0.6 is 11.8 Å². The van der Waals surface area contributed by atoms with Crippen molar-refractivity contribution in [2.24, 2.45) is 0 Å². The molecule has 1 aromatic carbocycles. The minimum atomic E-state index is -0.613. The number of ether oxygens (including phenoxy) is 1. The van der Waals surface area contributed by atoms with Gasteiger partial charge in [0.2, 0.25) is 0 Å². The molecule has 6 heteroatoms. The molecule has 0 aliphatic carbocycles. The lowest BCUT2D eigenvalue weighted by Crippen LogP contribution is -2.48. The molecular weight excluding hydrogens is 276 g/mol. The molecule has 2 rings (SSSR count). The minimum Gasteiger partial charge on any atom is -0.388 e. The van der Waals surface area contributed by atoms with Gasteiger partial charge < -0.3 is 20.1 Å². The van der Waals surface area contributed by atoms with E-state index in [-0.39, 0.29) is 18.7 Å².